The first-order valence-corrected chi connectivity index (χ1v) is 4.45. The molecule has 0 spiro atoms. The monoisotopic (exact) mass is 197 g/mol. The second kappa shape index (κ2) is 4.28. The highest BCUT2D eigenvalue weighted by Crippen LogP contribution is 2.27. The van der Waals surface area contributed by atoms with Crippen LogP contribution in [-0.4, -0.2) is 30.5 Å². The van der Waals surface area contributed by atoms with Crippen molar-refractivity contribution in [3.63, 3.8) is 0 Å². The van der Waals surface area contributed by atoms with Crippen molar-refractivity contribution in [2.45, 2.75) is 31.5 Å². The van der Waals surface area contributed by atoms with Gasteiger partial charge in [0.15, 0.2) is 0 Å². The third-order valence-electron chi connectivity index (χ3n) is 2.39. The molecule has 0 aromatic carbocycles. The van der Waals surface area contributed by atoms with Gasteiger partial charge in [-0.1, -0.05) is 0 Å². The molecule has 0 radical (unpaired) electrons. The molecular formula is C8H14F3NO. The highest BCUT2D eigenvalue weighted by atomic mass is 19.4. The molecule has 0 amide bonds. The Kier molecular flexibility index (Phi) is 3.55. The molecule has 1 aliphatic heterocycles. The Morgan fingerprint density at radius 2 is 1.85 bits per heavy atom. The van der Waals surface area contributed by atoms with E-state index in [0.717, 1.165) is 25.9 Å². The van der Waals surface area contributed by atoms with Crippen molar-refractivity contribution in [3.05, 3.63) is 0 Å². The average molecular weight is 197 g/mol. The highest BCUT2D eigenvalue weighted by molar-refractivity contribution is 4.75. The van der Waals surface area contributed by atoms with E-state index in [1.165, 1.54) is 0 Å². The molecule has 5 heteroatoms. The maximum absolute atomic E-state index is 11.9. The summed E-state index contributed by atoms with van der Waals surface area (Å²) in [5, 5.41) is 11.9. The second-order valence-corrected chi connectivity index (χ2v) is 3.49. The lowest BCUT2D eigenvalue weighted by atomic mass is 9.92. The van der Waals surface area contributed by atoms with E-state index < -0.39 is 12.3 Å². The van der Waals surface area contributed by atoms with E-state index in [9.17, 15) is 13.2 Å². The van der Waals surface area contributed by atoms with Crippen molar-refractivity contribution in [1.29, 1.82) is 0 Å². The predicted octanol–water partition coefficient (Wildman–Crippen LogP) is 1.30. The van der Waals surface area contributed by atoms with Gasteiger partial charge in [-0.05, 0) is 38.3 Å². The Morgan fingerprint density at radius 3 is 2.31 bits per heavy atom. The summed E-state index contributed by atoms with van der Waals surface area (Å²) < 4.78 is 35.8. The molecule has 1 rings (SSSR count). The molecule has 1 saturated heterocycles. The third-order valence-corrected chi connectivity index (χ3v) is 2.39. The van der Waals surface area contributed by atoms with E-state index in [1.54, 1.807) is 0 Å². The van der Waals surface area contributed by atoms with Crippen LogP contribution in [0.25, 0.3) is 0 Å². The Balaban J connectivity index is 2.30. The normalized spacial score (nSPS) is 23.1. The fourth-order valence-electron chi connectivity index (χ4n) is 1.57. The van der Waals surface area contributed by atoms with E-state index in [2.05, 4.69) is 5.32 Å². The molecule has 0 aromatic rings. The third kappa shape index (κ3) is 3.52. The topological polar surface area (TPSA) is 32.3 Å². The van der Waals surface area contributed by atoms with Gasteiger partial charge in [0.1, 0.15) is 6.10 Å². The van der Waals surface area contributed by atoms with Crippen LogP contribution in [0.1, 0.15) is 19.3 Å². The smallest absolute Gasteiger partial charge is 0.384 e. The number of rotatable bonds is 2. The minimum Gasteiger partial charge on any atom is -0.384 e. The number of aliphatic hydroxyl groups excluding tert-OH is 1. The summed E-state index contributed by atoms with van der Waals surface area (Å²) in [6.45, 7) is 1.52. The summed E-state index contributed by atoms with van der Waals surface area (Å²) in [7, 11) is 0. The van der Waals surface area contributed by atoms with Gasteiger partial charge in [0.2, 0.25) is 0 Å². The fourth-order valence-corrected chi connectivity index (χ4v) is 1.57. The van der Waals surface area contributed by atoms with Gasteiger partial charge < -0.3 is 10.4 Å². The van der Waals surface area contributed by atoms with E-state index in [4.69, 9.17) is 5.11 Å². The molecule has 1 unspecified atom stereocenters. The SMILES string of the molecule is OC(CC1CCNCC1)C(F)(F)F. The lowest BCUT2D eigenvalue weighted by Gasteiger charge is -2.25. The lowest BCUT2D eigenvalue weighted by molar-refractivity contribution is -0.208. The van der Waals surface area contributed by atoms with Gasteiger partial charge in [0, 0.05) is 0 Å². The first-order chi connectivity index (χ1) is 6.00. The zero-order chi connectivity index (χ0) is 9.90. The van der Waals surface area contributed by atoms with Crippen LogP contribution in [0.2, 0.25) is 0 Å². The van der Waals surface area contributed by atoms with Crippen LogP contribution in [0.5, 0.6) is 0 Å². The van der Waals surface area contributed by atoms with Crippen molar-refractivity contribution in [2.24, 2.45) is 5.92 Å². The molecular weight excluding hydrogens is 183 g/mol. The zero-order valence-corrected chi connectivity index (χ0v) is 7.27. The lowest BCUT2D eigenvalue weighted by Crippen LogP contribution is -2.35. The molecule has 0 bridgehead atoms. The summed E-state index contributed by atoms with van der Waals surface area (Å²) in [4.78, 5) is 0. The fraction of sp³-hybridized carbons (Fsp3) is 1.00. The molecule has 2 nitrogen and oxygen atoms in total. The molecule has 0 aromatic heterocycles. The second-order valence-electron chi connectivity index (χ2n) is 3.49. The van der Waals surface area contributed by atoms with Gasteiger partial charge in [-0.15, -0.1) is 0 Å². The highest BCUT2D eigenvalue weighted by Gasteiger charge is 2.39. The van der Waals surface area contributed by atoms with Gasteiger partial charge in [0.25, 0.3) is 0 Å². The number of piperidine rings is 1. The van der Waals surface area contributed by atoms with Gasteiger partial charge >= 0.3 is 6.18 Å². The molecule has 78 valence electrons. The van der Waals surface area contributed by atoms with Crippen molar-refractivity contribution >= 4 is 0 Å². The zero-order valence-electron chi connectivity index (χ0n) is 7.27. The van der Waals surface area contributed by atoms with Crippen LogP contribution in [0.4, 0.5) is 13.2 Å². The molecule has 13 heavy (non-hydrogen) atoms. The quantitative estimate of drug-likeness (QED) is 0.699. The minimum absolute atomic E-state index is 0.0119. The predicted molar refractivity (Wildman–Crippen MR) is 42.3 cm³/mol. The molecule has 2 N–H and O–H groups in total. The number of hydrogen-bond acceptors (Lipinski definition) is 2. The van der Waals surface area contributed by atoms with Crippen molar-refractivity contribution < 1.29 is 18.3 Å². The first-order valence-electron chi connectivity index (χ1n) is 4.45. The number of nitrogens with one attached hydrogen (secondary N) is 1. The van der Waals surface area contributed by atoms with Crippen molar-refractivity contribution in [3.8, 4) is 0 Å². The Bertz CT molecular complexity index is 154. The van der Waals surface area contributed by atoms with E-state index >= 15 is 0 Å². The summed E-state index contributed by atoms with van der Waals surface area (Å²) >= 11 is 0. The number of aliphatic hydroxyl groups is 1. The van der Waals surface area contributed by atoms with Gasteiger partial charge in [0.05, 0.1) is 0 Å². The van der Waals surface area contributed by atoms with Crippen LogP contribution in [0.3, 0.4) is 0 Å². The summed E-state index contributed by atoms with van der Waals surface area (Å²) in [5.41, 5.74) is 0. The Hall–Kier alpha value is -0.290. The van der Waals surface area contributed by atoms with Crippen LogP contribution in [-0.2, 0) is 0 Å². The Morgan fingerprint density at radius 1 is 1.31 bits per heavy atom. The molecule has 1 heterocycles. The molecule has 0 aliphatic carbocycles. The van der Waals surface area contributed by atoms with E-state index in [0.29, 0.717) is 0 Å². The van der Waals surface area contributed by atoms with E-state index in [1.807, 2.05) is 0 Å². The molecule has 1 fully saturated rings. The van der Waals surface area contributed by atoms with Gasteiger partial charge in [-0.2, -0.15) is 13.2 Å². The molecule has 0 saturated carbocycles. The molecule has 1 aliphatic rings. The van der Waals surface area contributed by atoms with E-state index in [-0.39, 0.29) is 12.3 Å². The van der Waals surface area contributed by atoms with Crippen molar-refractivity contribution in [2.75, 3.05) is 13.1 Å². The van der Waals surface area contributed by atoms with Gasteiger partial charge in [-0.25, -0.2) is 0 Å². The maximum atomic E-state index is 11.9. The average Bonchev–Trinajstić information content (AvgIpc) is 2.04. The minimum atomic E-state index is -4.45. The summed E-state index contributed by atoms with van der Waals surface area (Å²) in [6.07, 6.45) is -5.29. The standard InChI is InChI=1S/C8H14F3NO/c9-8(10,11)7(13)5-6-1-3-12-4-2-6/h6-7,12-13H,1-5H2. The molecule has 1 atom stereocenters. The number of hydrogen-bond donors (Lipinski definition) is 2. The van der Waals surface area contributed by atoms with Crippen LogP contribution in [0.15, 0.2) is 0 Å². The first kappa shape index (κ1) is 10.8. The largest absolute Gasteiger partial charge is 0.414 e. The van der Waals surface area contributed by atoms with Crippen molar-refractivity contribution in [1.82, 2.24) is 5.32 Å². The Labute approximate surface area is 75.1 Å². The number of alkyl halides is 3. The summed E-state index contributed by atoms with van der Waals surface area (Å²) in [6, 6.07) is 0. The van der Waals surface area contributed by atoms with Crippen LogP contribution >= 0.6 is 0 Å². The van der Waals surface area contributed by atoms with Crippen LogP contribution in [0, 0.1) is 5.92 Å². The number of halogens is 3. The van der Waals surface area contributed by atoms with Gasteiger partial charge in [-0.3, -0.25) is 0 Å². The maximum Gasteiger partial charge on any atom is 0.414 e. The van der Waals surface area contributed by atoms with Crippen LogP contribution < -0.4 is 5.32 Å². The summed E-state index contributed by atoms with van der Waals surface area (Å²) in [5.74, 6) is 0.0119.